The Hall–Kier alpha value is -1.54. The molecular weight excluding hydrogens is 261 g/mol. The Bertz CT molecular complexity index is 568. The van der Waals surface area contributed by atoms with Gasteiger partial charge in [-0.15, -0.1) is 11.6 Å². The summed E-state index contributed by atoms with van der Waals surface area (Å²) in [7, 11) is 1.95. The highest BCUT2D eigenvalue weighted by atomic mass is 35.5. The maximum Gasteiger partial charge on any atom is 0.128 e. The van der Waals surface area contributed by atoms with Crippen LogP contribution in [0.3, 0.4) is 0 Å². The second kappa shape index (κ2) is 6.07. The standard InChI is InChI=1S/C16H17ClFN/c1-12-7-8-16(14(9-12)10-17)19(2)11-13-5-3-4-6-15(13)18/h3-9H,10-11H2,1-2H3. The Balaban J connectivity index is 2.25. The molecule has 0 saturated heterocycles. The van der Waals surface area contributed by atoms with Gasteiger partial charge in [0, 0.05) is 30.7 Å². The van der Waals surface area contributed by atoms with Crippen LogP contribution >= 0.6 is 11.6 Å². The molecule has 0 amide bonds. The largest absolute Gasteiger partial charge is 0.370 e. The van der Waals surface area contributed by atoms with Crippen LogP contribution < -0.4 is 4.90 Å². The van der Waals surface area contributed by atoms with Gasteiger partial charge in [0.2, 0.25) is 0 Å². The predicted molar refractivity (Wildman–Crippen MR) is 79.2 cm³/mol. The molecule has 0 aliphatic rings. The monoisotopic (exact) mass is 277 g/mol. The number of halogens is 2. The molecule has 1 nitrogen and oxygen atoms in total. The van der Waals surface area contributed by atoms with Gasteiger partial charge >= 0.3 is 0 Å². The zero-order chi connectivity index (χ0) is 13.8. The van der Waals surface area contributed by atoms with Gasteiger partial charge in [-0.1, -0.05) is 35.9 Å². The molecule has 0 N–H and O–H groups in total. The first-order valence-electron chi connectivity index (χ1n) is 6.22. The molecule has 0 aliphatic heterocycles. The van der Waals surface area contributed by atoms with Crippen molar-refractivity contribution in [3.8, 4) is 0 Å². The van der Waals surface area contributed by atoms with E-state index >= 15 is 0 Å². The number of hydrogen-bond acceptors (Lipinski definition) is 1. The summed E-state index contributed by atoms with van der Waals surface area (Å²) in [5, 5.41) is 0. The van der Waals surface area contributed by atoms with Gasteiger partial charge in [0.1, 0.15) is 5.82 Å². The fraction of sp³-hybridized carbons (Fsp3) is 0.250. The van der Waals surface area contributed by atoms with Gasteiger partial charge in [-0.3, -0.25) is 0 Å². The van der Waals surface area contributed by atoms with Crippen molar-refractivity contribution in [2.45, 2.75) is 19.3 Å². The molecule has 0 fully saturated rings. The molecular formula is C16H17ClFN. The number of alkyl halides is 1. The second-order valence-corrected chi connectivity index (χ2v) is 4.98. The van der Waals surface area contributed by atoms with Crippen LogP contribution in [0.15, 0.2) is 42.5 Å². The van der Waals surface area contributed by atoms with Gasteiger partial charge in [-0.25, -0.2) is 4.39 Å². The molecule has 0 spiro atoms. The van der Waals surface area contributed by atoms with E-state index in [1.54, 1.807) is 12.1 Å². The lowest BCUT2D eigenvalue weighted by Crippen LogP contribution is -2.18. The van der Waals surface area contributed by atoms with Crippen LogP contribution in [0, 0.1) is 12.7 Å². The van der Waals surface area contributed by atoms with E-state index in [0.29, 0.717) is 18.0 Å². The molecule has 0 aromatic heterocycles. The molecule has 0 radical (unpaired) electrons. The van der Waals surface area contributed by atoms with E-state index in [-0.39, 0.29) is 5.82 Å². The first kappa shape index (κ1) is 13.9. The van der Waals surface area contributed by atoms with E-state index in [9.17, 15) is 4.39 Å². The first-order chi connectivity index (χ1) is 9.11. The Labute approximate surface area is 118 Å². The van der Waals surface area contributed by atoms with Gasteiger partial charge in [-0.05, 0) is 24.6 Å². The predicted octanol–water partition coefficient (Wildman–Crippen LogP) is 4.51. The van der Waals surface area contributed by atoms with E-state index in [2.05, 4.69) is 6.07 Å². The summed E-state index contributed by atoms with van der Waals surface area (Å²) in [5.74, 6) is 0.285. The molecule has 0 bridgehead atoms. The van der Waals surface area contributed by atoms with Gasteiger partial charge < -0.3 is 4.90 Å². The quantitative estimate of drug-likeness (QED) is 0.743. The minimum absolute atomic E-state index is 0.172. The average Bonchev–Trinajstić information content (AvgIpc) is 2.41. The summed E-state index contributed by atoms with van der Waals surface area (Å²) in [6.07, 6.45) is 0. The second-order valence-electron chi connectivity index (χ2n) is 4.71. The van der Waals surface area contributed by atoms with Crippen molar-refractivity contribution in [3.63, 3.8) is 0 Å². The van der Waals surface area contributed by atoms with Gasteiger partial charge in [0.25, 0.3) is 0 Å². The van der Waals surface area contributed by atoms with Gasteiger partial charge in [0.05, 0.1) is 0 Å². The number of rotatable bonds is 4. The van der Waals surface area contributed by atoms with Crippen molar-refractivity contribution in [1.82, 2.24) is 0 Å². The number of hydrogen-bond donors (Lipinski definition) is 0. The van der Waals surface area contributed by atoms with Crippen LogP contribution in [0.2, 0.25) is 0 Å². The van der Waals surface area contributed by atoms with Gasteiger partial charge in [0.15, 0.2) is 0 Å². The Morgan fingerprint density at radius 2 is 1.84 bits per heavy atom. The van der Waals surface area contributed by atoms with Crippen LogP contribution in [0.1, 0.15) is 16.7 Å². The Morgan fingerprint density at radius 1 is 1.11 bits per heavy atom. The van der Waals surface area contributed by atoms with E-state index in [4.69, 9.17) is 11.6 Å². The zero-order valence-electron chi connectivity index (χ0n) is 11.2. The summed E-state index contributed by atoms with van der Waals surface area (Å²) >= 11 is 5.98. The minimum atomic E-state index is -0.172. The summed E-state index contributed by atoms with van der Waals surface area (Å²) in [6.45, 7) is 2.57. The number of nitrogens with zero attached hydrogens (tertiary/aromatic N) is 1. The highest BCUT2D eigenvalue weighted by molar-refractivity contribution is 6.17. The SMILES string of the molecule is Cc1ccc(N(C)Cc2ccccc2F)c(CCl)c1. The molecule has 19 heavy (non-hydrogen) atoms. The zero-order valence-corrected chi connectivity index (χ0v) is 11.9. The Kier molecular flexibility index (Phi) is 4.43. The average molecular weight is 278 g/mol. The van der Waals surface area contributed by atoms with Crippen LogP contribution in [-0.2, 0) is 12.4 Å². The van der Waals surface area contributed by atoms with Crippen molar-refractivity contribution in [1.29, 1.82) is 0 Å². The summed E-state index contributed by atoms with van der Waals surface area (Å²) in [4.78, 5) is 2.02. The third-order valence-electron chi connectivity index (χ3n) is 3.16. The van der Waals surface area contributed by atoms with E-state index in [0.717, 1.165) is 11.3 Å². The van der Waals surface area contributed by atoms with Crippen LogP contribution in [0.5, 0.6) is 0 Å². The minimum Gasteiger partial charge on any atom is -0.370 e. The van der Waals surface area contributed by atoms with E-state index < -0.39 is 0 Å². The number of aryl methyl sites for hydroxylation is 1. The van der Waals surface area contributed by atoms with Crippen molar-refractivity contribution < 1.29 is 4.39 Å². The lowest BCUT2D eigenvalue weighted by Gasteiger charge is -2.22. The molecule has 100 valence electrons. The maximum absolute atomic E-state index is 13.7. The van der Waals surface area contributed by atoms with E-state index in [1.807, 2.05) is 37.1 Å². The molecule has 0 heterocycles. The van der Waals surface area contributed by atoms with Crippen LogP contribution in [0.25, 0.3) is 0 Å². The molecule has 0 atom stereocenters. The van der Waals surface area contributed by atoms with Crippen molar-refractivity contribution in [2.75, 3.05) is 11.9 Å². The first-order valence-corrected chi connectivity index (χ1v) is 6.75. The summed E-state index contributed by atoms with van der Waals surface area (Å²) in [6, 6.07) is 13.0. The fourth-order valence-corrected chi connectivity index (χ4v) is 2.38. The Morgan fingerprint density at radius 3 is 2.53 bits per heavy atom. The summed E-state index contributed by atoms with van der Waals surface area (Å²) < 4.78 is 13.7. The number of anilines is 1. The van der Waals surface area contributed by atoms with Gasteiger partial charge in [-0.2, -0.15) is 0 Å². The normalized spacial score (nSPS) is 10.5. The highest BCUT2D eigenvalue weighted by Crippen LogP contribution is 2.24. The lowest BCUT2D eigenvalue weighted by molar-refractivity contribution is 0.608. The van der Waals surface area contributed by atoms with Crippen molar-refractivity contribution >= 4 is 17.3 Å². The molecule has 0 aliphatic carbocycles. The molecule has 0 unspecified atom stereocenters. The molecule has 0 saturated carbocycles. The third kappa shape index (κ3) is 3.27. The molecule has 2 aromatic rings. The fourth-order valence-electron chi connectivity index (χ4n) is 2.16. The molecule has 3 heteroatoms. The lowest BCUT2D eigenvalue weighted by atomic mass is 10.1. The molecule has 2 rings (SSSR count). The van der Waals surface area contributed by atoms with Crippen LogP contribution in [0.4, 0.5) is 10.1 Å². The smallest absolute Gasteiger partial charge is 0.128 e. The highest BCUT2D eigenvalue weighted by Gasteiger charge is 2.09. The number of benzene rings is 2. The maximum atomic E-state index is 13.7. The van der Waals surface area contributed by atoms with E-state index in [1.165, 1.54) is 11.6 Å². The van der Waals surface area contributed by atoms with Crippen LogP contribution in [-0.4, -0.2) is 7.05 Å². The van der Waals surface area contributed by atoms with Crippen molar-refractivity contribution in [3.05, 3.63) is 65.0 Å². The summed E-state index contributed by atoms with van der Waals surface area (Å²) in [5.41, 5.74) is 3.98. The van der Waals surface area contributed by atoms with Crippen molar-refractivity contribution in [2.24, 2.45) is 0 Å². The third-order valence-corrected chi connectivity index (χ3v) is 3.44. The molecule has 2 aromatic carbocycles. The topological polar surface area (TPSA) is 3.24 Å².